The number of nitrogens with two attached hydrogens (primary N) is 1. The average Bonchev–Trinajstić information content (AvgIpc) is 2.93. The van der Waals surface area contributed by atoms with Gasteiger partial charge < -0.3 is 5.73 Å². The SMILES string of the molecule is Cc1nn(C)cc1CNS(=O)(=O)c1ccsc1CN. The van der Waals surface area contributed by atoms with Crippen molar-refractivity contribution < 1.29 is 8.42 Å². The molecule has 2 aromatic heterocycles. The van der Waals surface area contributed by atoms with Crippen molar-refractivity contribution in [1.29, 1.82) is 0 Å². The molecule has 0 bridgehead atoms. The molecule has 0 aliphatic heterocycles. The van der Waals surface area contributed by atoms with Crippen molar-refractivity contribution in [2.24, 2.45) is 12.8 Å². The second-order valence-electron chi connectivity index (χ2n) is 4.15. The van der Waals surface area contributed by atoms with Crippen LogP contribution in [0.25, 0.3) is 0 Å². The van der Waals surface area contributed by atoms with Crippen molar-refractivity contribution >= 4 is 21.4 Å². The van der Waals surface area contributed by atoms with Crippen LogP contribution >= 0.6 is 11.3 Å². The van der Waals surface area contributed by atoms with Crippen LogP contribution in [0.4, 0.5) is 0 Å². The molecule has 19 heavy (non-hydrogen) atoms. The Morgan fingerprint density at radius 2 is 2.26 bits per heavy atom. The summed E-state index contributed by atoms with van der Waals surface area (Å²) in [6, 6.07) is 1.57. The van der Waals surface area contributed by atoms with E-state index in [2.05, 4.69) is 9.82 Å². The lowest BCUT2D eigenvalue weighted by molar-refractivity contribution is 0.580. The largest absolute Gasteiger partial charge is 0.326 e. The third-order valence-corrected chi connectivity index (χ3v) is 5.31. The highest BCUT2D eigenvalue weighted by atomic mass is 32.2. The minimum absolute atomic E-state index is 0.222. The van der Waals surface area contributed by atoms with E-state index >= 15 is 0 Å². The summed E-state index contributed by atoms with van der Waals surface area (Å²) in [6.07, 6.45) is 1.80. The van der Waals surface area contributed by atoms with Gasteiger partial charge in [-0.25, -0.2) is 13.1 Å². The van der Waals surface area contributed by atoms with Crippen molar-refractivity contribution in [3.8, 4) is 0 Å². The highest BCUT2D eigenvalue weighted by Crippen LogP contribution is 2.21. The zero-order valence-corrected chi connectivity index (χ0v) is 12.4. The summed E-state index contributed by atoms with van der Waals surface area (Å²) in [5, 5.41) is 5.90. The second-order valence-corrected chi connectivity index (χ2v) is 6.89. The molecule has 8 heteroatoms. The first-order chi connectivity index (χ1) is 8.94. The Labute approximate surface area is 116 Å². The maximum Gasteiger partial charge on any atom is 0.242 e. The monoisotopic (exact) mass is 300 g/mol. The maximum absolute atomic E-state index is 12.2. The molecule has 104 valence electrons. The highest BCUT2D eigenvalue weighted by Gasteiger charge is 2.19. The topological polar surface area (TPSA) is 90.0 Å². The quantitative estimate of drug-likeness (QED) is 0.851. The first kappa shape index (κ1) is 14.2. The van der Waals surface area contributed by atoms with E-state index in [1.807, 2.05) is 6.92 Å². The van der Waals surface area contributed by atoms with Crippen LogP contribution in [-0.4, -0.2) is 18.2 Å². The number of nitrogens with zero attached hydrogens (tertiary/aromatic N) is 2. The molecule has 3 N–H and O–H groups in total. The van der Waals surface area contributed by atoms with E-state index in [0.717, 1.165) is 11.3 Å². The van der Waals surface area contributed by atoms with Gasteiger partial charge in [0.05, 0.1) is 10.6 Å². The number of hydrogen-bond acceptors (Lipinski definition) is 5. The Balaban J connectivity index is 2.17. The standard InChI is InChI=1S/C11H16N4O2S2/c1-8-9(7-15(2)14-8)6-13-19(16,17)11-3-4-18-10(11)5-12/h3-4,7,13H,5-6,12H2,1-2H3. The summed E-state index contributed by atoms with van der Waals surface area (Å²) in [5.41, 5.74) is 7.20. The van der Waals surface area contributed by atoms with Crippen LogP contribution in [0.5, 0.6) is 0 Å². The van der Waals surface area contributed by atoms with Gasteiger partial charge >= 0.3 is 0 Å². The van der Waals surface area contributed by atoms with Crippen molar-refractivity contribution in [3.05, 3.63) is 33.8 Å². The summed E-state index contributed by atoms with van der Waals surface area (Å²) in [5.74, 6) is 0. The van der Waals surface area contributed by atoms with E-state index in [4.69, 9.17) is 5.73 Å². The summed E-state index contributed by atoms with van der Waals surface area (Å²) >= 11 is 1.34. The molecule has 0 aliphatic carbocycles. The molecule has 0 radical (unpaired) electrons. The van der Waals surface area contributed by atoms with Crippen LogP contribution in [0.15, 0.2) is 22.5 Å². The van der Waals surface area contributed by atoms with Crippen LogP contribution in [0.2, 0.25) is 0 Å². The lowest BCUT2D eigenvalue weighted by atomic mass is 10.3. The summed E-state index contributed by atoms with van der Waals surface area (Å²) in [6.45, 7) is 2.29. The van der Waals surface area contributed by atoms with Gasteiger partial charge in [0, 0.05) is 36.8 Å². The van der Waals surface area contributed by atoms with Crippen LogP contribution < -0.4 is 10.5 Å². The third kappa shape index (κ3) is 3.03. The van der Waals surface area contributed by atoms with Gasteiger partial charge in [-0.2, -0.15) is 5.10 Å². The maximum atomic E-state index is 12.2. The van der Waals surface area contributed by atoms with Gasteiger partial charge in [0.1, 0.15) is 0 Å². The van der Waals surface area contributed by atoms with Crippen LogP contribution in [0, 0.1) is 6.92 Å². The molecule has 0 aromatic carbocycles. The van der Waals surface area contributed by atoms with Gasteiger partial charge in [-0.05, 0) is 18.4 Å². The molecule has 6 nitrogen and oxygen atoms in total. The predicted molar refractivity (Wildman–Crippen MR) is 74.2 cm³/mol. The summed E-state index contributed by atoms with van der Waals surface area (Å²) < 4.78 is 28.6. The minimum Gasteiger partial charge on any atom is -0.326 e. The molecule has 0 fully saturated rings. The van der Waals surface area contributed by atoms with Gasteiger partial charge in [-0.15, -0.1) is 11.3 Å². The molecule has 0 saturated heterocycles. The van der Waals surface area contributed by atoms with Gasteiger partial charge in [0.25, 0.3) is 0 Å². The van der Waals surface area contributed by atoms with Gasteiger partial charge in [-0.3, -0.25) is 4.68 Å². The molecule has 0 unspecified atom stereocenters. The Bertz CT molecular complexity index is 673. The number of sulfonamides is 1. The number of thiophene rings is 1. The molecular weight excluding hydrogens is 284 g/mol. The fourth-order valence-corrected chi connectivity index (χ4v) is 4.13. The molecule has 2 aromatic rings. The van der Waals surface area contributed by atoms with Crippen molar-refractivity contribution in [3.63, 3.8) is 0 Å². The number of aryl methyl sites for hydroxylation is 2. The average molecular weight is 300 g/mol. The molecule has 0 amide bonds. The lowest BCUT2D eigenvalue weighted by Gasteiger charge is -2.06. The number of rotatable bonds is 5. The van der Waals surface area contributed by atoms with Crippen molar-refractivity contribution in [2.75, 3.05) is 0 Å². The van der Waals surface area contributed by atoms with Crippen LogP contribution in [-0.2, 0) is 30.2 Å². The molecule has 0 atom stereocenters. The molecular formula is C11H16N4O2S2. The molecule has 2 rings (SSSR count). The van der Waals surface area contributed by atoms with E-state index in [1.165, 1.54) is 11.3 Å². The first-order valence-corrected chi connectivity index (χ1v) is 8.05. The number of hydrogen-bond donors (Lipinski definition) is 2. The van der Waals surface area contributed by atoms with Gasteiger partial charge in [0.15, 0.2) is 0 Å². The predicted octanol–water partition coefficient (Wildman–Crippen LogP) is 0.727. The summed E-state index contributed by atoms with van der Waals surface area (Å²) in [4.78, 5) is 0.928. The van der Waals surface area contributed by atoms with Crippen LogP contribution in [0.3, 0.4) is 0 Å². The Morgan fingerprint density at radius 3 is 2.84 bits per heavy atom. The van der Waals surface area contributed by atoms with Crippen molar-refractivity contribution in [1.82, 2.24) is 14.5 Å². The Morgan fingerprint density at radius 1 is 1.53 bits per heavy atom. The summed E-state index contributed by atoms with van der Waals surface area (Å²) in [7, 11) is -1.72. The minimum atomic E-state index is -3.52. The molecule has 0 spiro atoms. The van der Waals surface area contributed by atoms with Gasteiger partial charge in [0.2, 0.25) is 10.0 Å². The van der Waals surface area contributed by atoms with E-state index < -0.39 is 10.0 Å². The fraction of sp³-hybridized carbons (Fsp3) is 0.364. The van der Waals surface area contributed by atoms with Gasteiger partial charge in [-0.1, -0.05) is 0 Å². The van der Waals surface area contributed by atoms with E-state index in [0.29, 0.717) is 4.88 Å². The Hall–Kier alpha value is -1.22. The number of nitrogens with one attached hydrogen (secondary N) is 1. The van der Waals surface area contributed by atoms with E-state index in [-0.39, 0.29) is 18.0 Å². The van der Waals surface area contributed by atoms with E-state index in [1.54, 1.807) is 29.4 Å². The third-order valence-electron chi connectivity index (χ3n) is 2.75. The molecule has 2 heterocycles. The zero-order chi connectivity index (χ0) is 14.0. The zero-order valence-electron chi connectivity index (χ0n) is 10.8. The second kappa shape index (κ2) is 5.41. The molecule has 0 aliphatic rings. The first-order valence-electron chi connectivity index (χ1n) is 5.69. The Kier molecular flexibility index (Phi) is 4.04. The molecule has 0 saturated carbocycles. The lowest BCUT2D eigenvalue weighted by Crippen LogP contribution is -2.24. The number of aromatic nitrogens is 2. The van der Waals surface area contributed by atoms with Crippen LogP contribution in [0.1, 0.15) is 16.1 Å². The van der Waals surface area contributed by atoms with E-state index in [9.17, 15) is 8.42 Å². The van der Waals surface area contributed by atoms with Crippen molar-refractivity contribution in [2.45, 2.75) is 24.9 Å². The fourth-order valence-electron chi connectivity index (χ4n) is 1.79. The normalized spacial score (nSPS) is 11.9. The smallest absolute Gasteiger partial charge is 0.242 e. The highest BCUT2D eigenvalue weighted by molar-refractivity contribution is 7.89.